The number of benzene rings is 1. The summed E-state index contributed by atoms with van der Waals surface area (Å²) in [6.45, 7) is 3.33. The van der Waals surface area contributed by atoms with Crippen molar-refractivity contribution in [1.29, 1.82) is 5.26 Å². The molecule has 0 saturated carbocycles. The van der Waals surface area contributed by atoms with Crippen LogP contribution in [0.2, 0.25) is 0 Å². The van der Waals surface area contributed by atoms with Crippen LogP contribution >= 0.6 is 0 Å². The number of halogens is 1. The Bertz CT molecular complexity index is 706. The molecule has 114 valence electrons. The molecule has 0 bridgehead atoms. The van der Waals surface area contributed by atoms with E-state index in [4.69, 9.17) is 9.78 Å². The van der Waals surface area contributed by atoms with Gasteiger partial charge in [-0.25, -0.2) is 4.39 Å². The fourth-order valence-corrected chi connectivity index (χ4v) is 2.82. The molecule has 0 spiro atoms. The molecule has 2 aromatic rings. The van der Waals surface area contributed by atoms with Gasteiger partial charge in [0.15, 0.2) is 5.82 Å². The lowest BCUT2D eigenvalue weighted by atomic mass is 10.1. The third-order valence-electron chi connectivity index (χ3n) is 4.00. The molecule has 22 heavy (non-hydrogen) atoms. The van der Waals surface area contributed by atoms with Gasteiger partial charge in [0.25, 0.3) is 0 Å². The van der Waals surface area contributed by atoms with E-state index in [9.17, 15) is 4.39 Å². The minimum absolute atomic E-state index is 0.0686. The molecule has 1 aromatic heterocycles. The molecule has 0 N–H and O–H groups in total. The standard InChI is InChI=1S/C16H17FN4O/c1-2-15-19-16(20-22-15)14-4-3-7-21(14)10-12-6-5-11(9-18)8-13(12)17/h5-6,8,14H,2-4,7,10H2,1H3. The van der Waals surface area contributed by atoms with Gasteiger partial charge < -0.3 is 4.52 Å². The number of nitriles is 1. The maximum absolute atomic E-state index is 14.1. The van der Waals surface area contributed by atoms with Crippen LogP contribution in [-0.4, -0.2) is 21.6 Å². The second-order valence-electron chi connectivity index (χ2n) is 5.45. The van der Waals surface area contributed by atoms with Crippen LogP contribution in [0, 0.1) is 17.1 Å². The maximum atomic E-state index is 14.1. The molecule has 1 aliphatic rings. The highest BCUT2D eigenvalue weighted by Gasteiger charge is 2.30. The normalized spacial score (nSPS) is 18.5. The summed E-state index contributed by atoms with van der Waals surface area (Å²) in [6.07, 6.45) is 2.68. The van der Waals surface area contributed by atoms with Gasteiger partial charge in [-0.15, -0.1) is 0 Å². The van der Waals surface area contributed by atoms with E-state index in [0.717, 1.165) is 19.4 Å². The molecule has 1 unspecified atom stereocenters. The lowest BCUT2D eigenvalue weighted by molar-refractivity contribution is 0.231. The number of nitrogens with zero attached hydrogens (tertiary/aromatic N) is 4. The summed E-state index contributed by atoms with van der Waals surface area (Å²) in [6, 6.07) is 6.62. The molecular weight excluding hydrogens is 283 g/mol. The Morgan fingerprint density at radius 3 is 3.05 bits per heavy atom. The minimum Gasteiger partial charge on any atom is -0.339 e. The van der Waals surface area contributed by atoms with E-state index in [0.29, 0.717) is 35.8 Å². The van der Waals surface area contributed by atoms with Crippen LogP contribution in [0.5, 0.6) is 0 Å². The van der Waals surface area contributed by atoms with Crippen LogP contribution in [-0.2, 0) is 13.0 Å². The van der Waals surface area contributed by atoms with Crippen molar-refractivity contribution >= 4 is 0 Å². The third-order valence-corrected chi connectivity index (χ3v) is 4.00. The molecule has 0 amide bonds. The Kier molecular flexibility index (Phi) is 4.16. The van der Waals surface area contributed by atoms with Crippen molar-refractivity contribution in [1.82, 2.24) is 15.0 Å². The Balaban J connectivity index is 1.78. The van der Waals surface area contributed by atoms with Crippen molar-refractivity contribution in [3.8, 4) is 6.07 Å². The van der Waals surface area contributed by atoms with Crippen LogP contribution in [0.15, 0.2) is 22.7 Å². The number of hydrogen-bond donors (Lipinski definition) is 0. The Morgan fingerprint density at radius 1 is 1.50 bits per heavy atom. The summed E-state index contributed by atoms with van der Waals surface area (Å²) in [7, 11) is 0. The highest BCUT2D eigenvalue weighted by atomic mass is 19.1. The first-order valence-electron chi connectivity index (χ1n) is 7.46. The van der Waals surface area contributed by atoms with Gasteiger partial charge in [-0.05, 0) is 31.5 Å². The fraction of sp³-hybridized carbons (Fsp3) is 0.438. The molecule has 1 saturated heterocycles. The highest BCUT2D eigenvalue weighted by molar-refractivity contribution is 5.33. The average molecular weight is 300 g/mol. The Hall–Kier alpha value is -2.26. The molecule has 1 aliphatic heterocycles. The third kappa shape index (κ3) is 2.85. The zero-order valence-electron chi connectivity index (χ0n) is 12.4. The second-order valence-corrected chi connectivity index (χ2v) is 5.45. The number of aromatic nitrogens is 2. The molecule has 5 nitrogen and oxygen atoms in total. The molecule has 6 heteroatoms. The van der Waals surface area contributed by atoms with Crippen LogP contribution in [0.4, 0.5) is 4.39 Å². The van der Waals surface area contributed by atoms with E-state index < -0.39 is 0 Å². The first-order valence-corrected chi connectivity index (χ1v) is 7.46. The summed E-state index contributed by atoms with van der Waals surface area (Å²) in [4.78, 5) is 6.56. The topological polar surface area (TPSA) is 66.0 Å². The maximum Gasteiger partial charge on any atom is 0.226 e. The predicted molar refractivity (Wildman–Crippen MR) is 77.2 cm³/mol. The predicted octanol–water partition coefficient (Wildman–Crippen LogP) is 2.98. The summed E-state index contributed by atoms with van der Waals surface area (Å²) in [5.41, 5.74) is 0.926. The largest absolute Gasteiger partial charge is 0.339 e. The molecule has 3 rings (SSSR count). The van der Waals surface area contributed by atoms with Crippen molar-refractivity contribution < 1.29 is 8.91 Å². The van der Waals surface area contributed by atoms with E-state index in [1.807, 2.05) is 13.0 Å². The van der Waals surface area contributed by atoms with Crippen LogP contribution in [0.3, 0.4) is 0 Å². The second kappa shape index (κ2) is 6.24. The molecule has 1 aromatic carbocycles. The minimum atomic E-state index is -0.341. The van der Waals surface area contributed by atoms with E-state index in [1.165, 1.54) is 6.07 Å². The first kappa shape index (κ1) is 14.7. The van der Waals surface area contributed by atoms with Crippen molar-refractivity contribution in [3.63, 3.8) is 0 Å². The van der Waals surface area contributed by atoms with Gasteiger partial charge in [0, 0.05) is 18.5 Å². The highest BCUT2D eigenvalue weighted by Crippen LogP contribution is 2.32. The number of rotatable bonds is 4. The van der Waals surface area contributed by atoms with Gasteiger partial charge in [-0.1, -0.05) is 18.1 Å². The van der Waals surface area contributed by atoms with Gasteiger partial charge in [0.05, 0.1) is 17.7 Å². The van der Waals surface area contributed by atoms with Crippen molar-refractivity contribution in [3.05, 3.63) is 46.9 Å². The van der Waals surface area contributed by atoms with E-state index in [-0.39, 0.29) is 11.9 Å². The number of aryl methyl sites for hydroxylation is 1. The summed E-state index contributed by atoms with van der Waals surface area (Å²) in [5, 5.41) is 12.8. The van der Waals surface area contributed by atoms with Gasteiger partial charge in [-0.3, -0.25) is 4.90 Å². The van der Waals surface area contributed by atoms with Crippen LogP contribution < -0.4 is 0 Å². The van der Waals surface area contributed by atoms with Gasteiger partial charge >= 0.3 is 0 Å². The van der Waals surface area contributed by atoms with Gasteiger partial charge in [-0.2, -0.15) is 10.2 Å². The molecule has 1 atom stereocenters. The summed E-state index contributed by atoms with van der Waals surface area (Å²) in [5.74, 6) is 0.974. The molecule has 1 fully saturated rings. The number of likely N-dealkylation sites (tertiary alicyclic amines) is 1. The molecule has 0 radical (unpaired) electrons. The van der Waals surface area contributed by atoms with Gasteiger partial charge in [0.2, 0.25) is 5.89 Å². The van der Waals surface area contributed by atoms with Crippen molar-refractivity contribution in [2.75, 3.05) is 6.54 Å². The monoisotopic (exact) mass is 300 g/mol. The van der Waals surface area contributed by atoms with Crippen molar-refractivity contribution in [2.24, 2.45) is 0 Å². The van der Waals surface area contributed by atoms with Crippen LogP contribution in [0.25, 0.3) is 0 Å². The van der Waals surface area contributed by atoms with Crippen LogP contribution in [0.1, 0.15) is 48.6 Å². The summed E-state index contributed by atoms with van der Waals surface area (Å²) >= 11 is 0. The molecule has 2 heterocycles. The Morgan fingerprint density at radius 2 is 2.36 bits per heavy atom. The SMILES string of the molecule is CCc1nc(C2CCCN2Cc2ccc(C#N)cc2F)no1. The Labute approximate surface area is 128 Å². The molecule has 0 aliphatic carbocycles. The van der Waals surface area contributed by atoms with E-state index in [2.05, 4.69) is 15.0 Å². The quantitative estimate of drug-likeness (QED) is 0.868. The first-order chi connectivity index (χ1) is 10.7. The zero-order valence-corrected chi connectivity index (χ0v) is 12.4. The smallest absolute Gasteiger partial charge is 0.226 e. The average Bonchev–Trinajstić information content (AvgIpc) is 3.17. The van der Waals surface area contributed by atoms with E-state index in [1.54, 1.807) is 12.1 Å². The van der Waals surface area contributed by atoms with Gasteiger partial charge in [0.1, 0.15) is 5.82 Å². The lowest BCUT2D eigenvalue weighted by Crippen LogP contribution is -2.24. The van der Waals surface area contributed by atoms with Crippen molar-refractivity contribution in [2.45, 2.75) is 38.8 Å². The lowest BCUT2D eigenvalue weighted by Gasteiger charge is -2.22. The van der Waals surface area contributed by atoms with E-state index >= 15 is 0 Å². The molecular formula is C16H17FN4O. The summed E-state index contributed by atoms with van der Waals surface area (Å²) < 4.78 is 19.2. The fourth-order valence-electron chi connectivity index (χ4n) is 2.82. The zero-order chi connectivity index (χ0) is 15.5. The number of hydrogen-bond acceptors (Lipinski definition) is 5.